The maximum atomic E-state index is 13.5. The first-order valence-corrected chi connectivity index (χ1v) is 12.7. The van der Waals surface area contributed by atoms with Crippen molar-refractivity contribution in [1.29, 1.82) is 0 Å². The fraction of sp³-hybridized carbons (Fsp3) is 0.391. The summed E-state index contributed by atoms with van der Waals surface area (Å²) in [5.41, 5.74) is -0.101. The molecule has 0 aromatic heterocycles. The van der Waals surface area contributed by atoms with Gasteiger partial charge in [0.05, 0.1) is 18.3 Å². The Bertz CT molecular complexity index is 1220. The van der Waals surface area contributed by atoms with Crippen LogP contribution in [0.25, 0.3) is 0 Å². The number of rotatable bonds is 11. The quantitative estimate of drug-likeness (QED) is 0.352. The van der Waals surface area contributed by atoms with Gasteiger partial charge in [-0.05, 0) is 44.5 Å². The van der Waals surface area contributed by atoms with Gasteiger partial charge in [-0.3, -0.25) is 24.0 Å². The van der Waals surface area contributed by atoms with E-state index >= 15 is 0 Å². The van der Waals surface area contributed by atoms with E-state index in [1.54, 1.807) is 13.8 Å². The number of non-ortho nitro benzene ring substituents is 1. The molecule has 0 aliphatic carbocycles. The largest absolute Gasteiger partial charge is 0.495 e. The fourth-order valence-corrected chi connectivity index (χ4v) is 4.20. The number of nitrogens with one attached hydrogen (secondary N) is 1. The molecule has 0 radical (unpaired) electrons. The van der Waals surface area contributed by atoms with Crippen molar-refractivity contribution in [2.24, 2.45) is 0 Å². The van der Waals surface area contributed by atoms with Crippen molar-refractivity contribution in [1.82, 2.24) is 10.2 Å². The minimum Gasteiger partial charge on any atom is -0.495 e. The van der Waals surface area contributed by atoms with Gasteiger partial charge < -0.3 is 15.0 Å². The number of carbonyl (C=O) groups is 2. The summed E-state index contributed by atoms with van der Waals surface area (Å²) >= 11 is 0. The standard InChI is InChI=1S/C23H29FN4O7S/c1-15(2)25-23(30)16(3)26(13-17-6-8-18(24)9-7-17)22(29)14-27(36(5,33)34)20-12-19(28(31)32)10-11-21(20)35-4/h6-12,15-16H,13-14H2,1-5H3,(H,25,30)/t16-/m0/s1. The summed E-state index contributed by atoms with van der Waals surface area (Å²) in [6, 6.07) is 7.42. The van der Waals surface area contributed by atoms with Gasteiger partial charge in [0.1, 0.15) is 29.8 Å². The molecule has 0 fully saturated rings. The van der Waals surface area contributed by atoms with Crippen LogP contribution >= 0.6 is 0 Å². The van der Waals surface area contributed by atoms with E-state index in [1.807, 2.05) is 0 Å². The van der Waals surface area contributed by atoms with Crippen molar-refractivity contribution in [3.63, 3.8) is 0 Å². The molecule has 0 aliphatic heterocycles. The average Bonchev–Trinajstić information content (AvgIpc) is 2.79. The molecule has 0 unspecified atom stereocenters. The first kappa shape index (κ1) is 28.5. The van der Waals surface area contributed by atoms with Gasteiger partial charge in [0.15, 0.2) is 0 Å². The lowest BCUT2D eigenvalue weighted by atomic mass is 10.1. The van der Waals surface area contributed by atoms with Crippen LogP contribution in [0.2, 0.25) is 0 Å². The van der Waals surface area contributed by atoms with Gasteiger partial charge in [-0.25, -0.2) is 12.8 Å². The zero-order valence-corrected chi connectivity index (χ0v) is 21.4. The highest BCUT2D eigenvalue weighted by atomic mass is 32.2. The second-order valence-corrected chi connectivity index (χ2v) is 10.3. The van der Waals surface area contributed by atoms with E-state index < -0.39 is 50.9 Å². The molecule has 0 aliphatic rings. The molecule has 2 amide bonds. The van der Waals surface area contributed by atoms with E-state index in [-0.39, 0.29) is 24.0 Å². The molecular formula is C23H29FN4O7S. The van der Waals surface area contributed by atoms with Crippen molar-refractivity contribution < 1.29 is 32.1 Å². The molecular weight excluding hydrogens is 495 g/mol. The minimum atomic E-state index is -4.13. The number of sulfonamides is 1. The monoisotopic (exact) mass is 524 g/mol. The number of benzene rings is 2. The van der Waals surface area contributed by atoms with Crippen LogP contribution in [-0.4, -0.2) is 62.0 Å². The van der Waals surface area contributed by atoms with E-state index in [9.17, 15) is 32.5 Å². The van der Waals surface area contributed by atoms with E-state index in [0.717, 1.165) is 23.3 Å². The topological polar surface area (TPSA) is 139 Å². The second kappa shape index (κ2) is 11.8. The molecule has 1 atom stereocenters. The predicted octanol–water partition coefficient (Wildman–Crippen LogP) is 2.45. The van der Waals surface area contributed by atoms with E-state index in [1.165, 1.54) is 44.4 Å². The molecule has 2 rings (SSSR count). The molecule has 0 spiro atoms. The molecule has 11 nitrogen and oxygen atoms in total. The Labute approximate surface area is 209 Å². The SMILES string of the molecule is COc1ccc([N+](=O)[O-])cc1N(CC(=O)N(Cc1ccc(F)cc1)[C@@H](C)C(=O)NC(C)C)S(C)(=O)=O. The van der Waals surface area contributed by atoms with Crippen molar-refractivity contribution in [2.45, 2.75) is 39.4 Å². The maximum absolute atomic E-state index is 13.5. The highest BCUT2D eigenvalue weighted by Crippen LogP contribution is 2.33. The summed E-state index contributed by atoms with van der Waals surface area (Å²) in [4.78, 5) is 38.0. The van der Waals surface area contributed by atoms with Crippen molar-refractivity contribution >= 4 is 33.2 Å². The highest BCUT2D eigenvalue weighted by molar-refractivity contribution is 7.92. The number of carbonyl (C=O) groups excluding carboxylic acids is 2. The lowest BCUT2D eigenvalue weighted by Gasteiger charge is -2.32. The van der Waals surface area contributed by atoms with E-state index in [4.69, 9.17) is 4.74 Å². The molecule has 196 valence electrons. The fourth-order valence-electron chi connectivity index (χ4n) is 3.36. The Hall–Kier alpha value is -3.74. The third-order valence-corrected chi connectivity index (χ3v) is 6.31. The highest BCUT2D eigenvalue weighted by Gasteiger charge is 2.32. The van der Waals surface area contributed by atoms with Gasteiger partial charge in [-0.15, -0.1) is 0 Å². The third-order valence-electron chi connectivity index (χ3n) is 5.19. The Morgan fingerprint density at radius 3 is 2.25 bits per heavy atom. The Morgan fingerprint density at radius 1 is 1.14 bits per heavy atom. The van der Waals surface area contributed by atoms with Crippen LogP contribution in [0.15, 0.2) is 42.5 Å². The summed E-state index contributed by atoms with van der Waals surface area (Å²) in [6.07, 6.45) is 0.845. The number of methoxy groups -OCH3 is 1. The molecule has 2 aromatic carbocycles. The van der Waals surface area contributed by atoms with Gasteiger partial charge in [-0.2, -0.15) is 0 Å². The summed E-state index contributed by atoms with van der Waals surface area (Å²) < 4.78 is 44.6. The summed E-state index contributed by atoms with van der Waals surface area (Å²) in [5.74, 6) is -1.72. The number of hydrogen-bond donors (Lipinski definition) is 1. The average molecular weight is 525 g/mol. The minimum absolute atomic E-state index is 0.00508. The van der Waals surface area contributed by atoms with Crippen molar-refractivity contribution in [3.05, 3.63) is 64.0 Å². The number of amides is 2. The van der Waals surface area contributed by atoms with Gasteiger partial charge >= 0.3 is 0 Å². The van der Waals surface area contributed by atoms with Crippen LogP contribution in [0.1, 0.15) is 26.3 Å². The zero-order valence-electron chi connectivity index (χ0n) is 20.6. The first-order valence-electron chi connectivity index (χ1n) is 10.9. The molecule has 1 N–H and O–H groups in total. The number of nitrogens with zero attached hydrogens (tertiary/aromatic N) is 3. The summed E-state index contributed by atoms with van der Waals surface area (Å²) in [5, 5.41) is 14.0. The van der Waals surface area contributed by atoms with Crippen LogP contribution < -0.4 is 14.4 Å². The summed E-state index contributed by atoms with van der Waals surface area (Å²) in [6.45, 7) is 4.09. The van der Waals surface area contributed by atoms with Crippen molar-refractivity contribution in [2.75, 3.05) is 24.2 Å². The van der Waals surface area contributed by atoms with Gasteiger partial charge in [-0.1, -0.05) is 12.1 Å². The molecule has 0 bridgehead atoms. The predicted molar refractivity (Wildman–Crippen MR) is 132 cm³/mol. The number of anilines is 1. The van der Waals surface area contributed by atoms with Crippen LogP contribution in [-0.2, 0) is 26.2 Å². The summed E-state index contributed by atoms with van der Waals surface area (Å²) in [7, 11) is -2.88. The molecule has 2 aromatic rings. The molecule has 0 saturated carbocycles. The van der Waals surface area contributed by atoms with E-state index in [2.05, 4.69) is 5.32 Å². The number of hydrogen-bond acceptors (Lipinski definition) is 7. The molecule has 13 heteroatoms. The Morgan fingerprint density at radius 2 is 1.75 bits per heavy atom. The maximum Gasteiger partial charge on any atom is 0.271 e. The second-order valence-electron chi connectivity index (χ2n) is 8.37. The van der Waals surface area contributed by atoms with Crippen LogP contribution in [0.5, 0.6) is 5.75 Å². The molecule has 0 heterocycles. The number of nitro groups is 1. The van der Waals surface area contributed by atoms with Gasteiger partial charge in [0.25, 0.3) is 5.69 Å². The Balaban J connectivity index is 2.51. The lowest BCUT2D eigenvalue weighted by molar-refractivity contribution is -0.384. The lowest BCUT2D eigenvalue weighted by Crippen LogP contribution is -2.52. The molecule has 36 heavy (non-hydrogen) atoms. The Kier molecular flexibility index (Phi) is 9.34. The number of halogens is 1. The number of nitro benzene ring substituents is 1. The van der Waals surface area contributed by atoms with Crippen LogP contribution in [0, 0.1) is 15.9 Å². The van der Waals surface area contributed by atoms with Crippen LogP contribution in [0.3, 0.4) is 0 Å². The van der Waals surface area contributed by atoms with E-state index in [0.29, 0.717) is 9.87 Å². The smallest absolute Gasteiger partial charge is 0.271 e. The zero-order chi connectivity index (χ0) is 27.2. The third kappa shape index (κ3) is 7.38. The normalized spacial score (nSPS) is 12.1. The molecule has 0 saturated heterocycles. The van der Waals surface area contributed by atoms with Gasteiger partial charge in [0, 0.05) is 24.7 Å². The van der Waals surface area contributed by atoms with Gasteiger partial charge in [0.2, 0.25) is 21.8 Å². The van der Waals surface area contributed by atoms with Crippen LogP contribution in [0.4, 0.5) is 15.8 Å². The number of ether oxygens (including phenoxy) is 1. The first-order chi connectivity index (χ1) is 16.7. The van der Waals surface area contributed by atoms with Crippen molar-refractivity contribution in [3.8, 4) is 5.75 Å².